The first-order chi connectivity index (χ1) is 9.87. The number of amides is 1. The van der Waals surface area contributed by atoms with Crippen LogP contribution in [0.15, 0.2) is 16.3 Å². The second kappa shape index (κ2) is 8.73. The van der Waals surface area contributed by atoms with Gasteiger partial charge in [0.15, 0.2) is 0 Å². The van der Waals surface area contributed by atoms with Gasteiger partial charge in [0.1, 0.15) is 4.21 Å². The summed E-state index contributed by atoms with van der Waals surface area (Å²) < 4.78 is 26.0. The first-order valence-corrected chi connectivity index (χ1v) is 9.49. The maximum atomic E-state index is 12.2. The zero-order valence-corrected chi connectivity index (χ0v) is 14.7. The van der Waals surface area contributed by atoms with Gasteiger partial charge in [-0.15, -0.1) is 11.3 Å². The van der Waals surface area contributed by atoms with E-state index in [2.05, 4.69) is 12.2 Å². The highest BCUT2D eigenvalue weighted by atomic mass is 35.5. The molecular formula is C13H21ClN2O3S2. The van der Waals surface area contributed by atoms with E-state index in [9.17, 15) is 13.2 Å². The van der Waals surface area contributed by atoms with Crippen LogP contribution in [0.1, 0.15) is 32.6 Å². The zero-order chi connectivity index (χ0) is 15.9. The second-order valence-electron chi connectivity index (χ2n) is 4.73. The summed E-state index contributed by atoms with van der Waals surface area (Å²) in [6.45, 7) is 2.51. The van der Waals surface area contributed by atoms with Gasteiger partial charge in [-0.2, -0.15) is 4.31 Å². The standard InChI is InChI=1S/C13H21ClN2O3S2/c1-3-4-5-6-9-15-12(17)10-16(2)21(18,19)13-8-7-11(14)20-13/h7-8H,3-6,9-10H2,1-2H3,(H,15,17). The number of unbranched alkanes of at least 4 members (excludes halogenated alkanes) is 3. The SMILES string of the molecule is CCCCCCNC(=O)CN(C)S(=O)(=O)c1ccc(Cl)s1. The highest BCUT2D eigenvalue weighted by Crippen LogP contribution is 2.27. The van der Waals surface area contributed by atoms with Gasteiger partial charge in [-0.05, 0) is 18.6 Å². The van der Waals surface area contributed by atoms with Crippen LogP contribution in [0.3, 0.4) is 0 Å². The van der Waals surface area contributed by atoms with Gasteiger partial charge in [0.25, 0.3) is 10.0 Å². The van der Waals surface area contributed by atoms with Gasteiger partial charge in [0.05, 0.1) is 10.9 Å². The highest BCUT2D eigenvalue weighted by Gasteiger charge is 2.24. The molecule has 0 aromatic carbocycles. The molecule has 1 aromatic heterocycles. The van der Waals surface area contributed by atoms with Crippen molar-refractivity contribution in [3.8, 4) is 0 Å². The summed E-state index contributed by atoms with van der Waals surface area (Å²) in [5, 5.41) is 2.73. The molecule has 0 fully saturated rings. The molecule has 0 aliphatic rings. The Bertz CT molecular complexity index is 558. The Morgan fingerprint density at radius 3 is 2.62 bits per heavy atom. The lowest BCUT2D eigenvalue weighted by molar-refractivity contribution is -0.121. The van der Waals surface area contributed by atoms with Crippen molar-refractivity contribution in [3.05, 3.63) is 16.5 Å². The number of carbonyl (C=O) groups excluding carboxylic acids is 1. The number of nitrogens with zero attached hydrogens (tertiary/aromatic N) is 1. The lowest BCUT2D eigenvalue weighted by Crippen LogP contribution is -2.38. The molecule has 0 spiro atoms. The van der Waals surface area contributed by atoms with Crippen LogP contribution in [-0.4, -0.2) is 38.8 Å². The molecule has 0 saturated heterocycles. The van der Waals surface area contributed by atoms with Crippen LogP contribution in [-0.2, 0) is 14.8 Å². The normalized spacial score (nSPS) is 11.8. The van der Waals surface area contributed by atoms with E-state index in [1.807, 2.05) is 0 Å². The van der Waals surface area contributed by atoms with Crippen LogP contribution >= 0.6 is 22.9 Å². The fourth-order valence-corrected chi connectivity index (χ4v) is 4.53. The smallest absolute Gasteiger partial charge is 0.252 e. The number of rotatable bonds is 9. The van der Waals surface area contributed by atoms with Crippen molar-refractivity contribution in [3.63, 3.8) is 0 Å². The quantitative estimate of drug-likeness (QED) is 0.695. The molecule has 1 heterocycles. The van der Waals surface area contributed by atoms with E-state index in [-0.39, 0.29) is 16.7 Å². The molecule has 5 nitrogen and oxygen atoms in total. The lowest BCUT2D eigenvalue weighted by atomic mass is 10.2. The summed E-state index contributed by atoms with van der Waals surface area (Å²) in [5.41, 5.74) is 0. The third-order valence-corrected chi connectivity index (χ3v) is 6.43. The average molecular weight is 353 g/mol. The van der Waals surface area contributed by atoms with E-state index in [0.29, 0.717) is 10.9 Å². The van der Waals surface area contributed by atoms with Crippen LogP contribution in [0.4, 0.5) is 0 Å². The van der Waals surface area contributed by atoms with Crippen LogP contribution in [0.2, 0.25) is 4.34 Å². The summed E-state index contributed by atoms with van der Waals surface area (Å²) >= 11 is 6.72. The number of carbonyl (C=O) groups is 1. The van der Waals surface area contributed by atoms with Crippen LogP contribution < -0.4 is 5.32 Å². The molecule has 0 unspecified atom stereocenters. The maximum absolute atomic E-state index is 12.2. The minimum absolute atomic E-state index is 0.144. The van der Waals surface area contributed by atoms with Crippen molar-refractivity contribution >= 4 is 38.9 Å². The Hall–Kier alpha value is -0.630. The molecule has 0 atom stereocenters. The summed E-state index contributed by atoms with van der Waals surface area (Å²) in [5.74, 6) is -0.291. The molecule has 1 amide bonds. The Balaban J connectivity index is 2.45. The summed E-state index contributed by atoms with van der Waals surface area (Å²) in [6.07, 6.45) is 4.26. The Kier molecular flexibility index (Phi) is 7.65. The van der Waals surface area contributed by atoms with E-state index in [1.165, 1.54) is 19.2 Å². The number of hydrogen-bond donors (Lipinski definition) is 1. The van der Waals surface area contributed by atoms with Gasteiger partial charge in [-0.3, -0.25) is 4.79 Å². The molecule has 8 heteroatoms. The molecule has 120 valence electrons. The summed E-state index contributed by atoms with van der Waals surface area (Å²) in [4.78, 5) is 11.7. The van der Waals surface area contributed by atoms with Gasteiger partial charge in [0.2, 0.25) is 5.91 Å². The summed E-state index contributed by atoms with van der Waals surface area (Å²) in [7, 11) is -2.26. The number of hydrogen-bond acceptors (Lipinski definition) is 4. The van der Waals surface area contributed by atoms with Crippen LogP contribution in [0.5, 0.6) is 0 Å². The number of sulfonamides is 1. The highest BCUT2D eigenvalue weighted by molar-refractivity contribution is 7.91. The molecule has 1 aromatic rings. The van der Waals surface area contributed by atoms with Gasteiger partial charge in [0, 0.05) is 13.6 Å². The van der Waals surface area contributed by atoms with Crippen LogP contribution in [0, 0.1) is 0 Å². The summed E-state index contributed by atoms with van der Waals surface area (Å²) in [6, 6.07) is 2.97. The van der Waals surface area contributed by atoms with E-state index in [0.717, 1.165) is 41.3 Å². The monoisotopic (exact) mass is 352 g/mol. The van der Waals surface area contributed by atoms with Crippen molar-refractivity contribution in [2.24, 2.45) is 0 Å². The van der Waals surface area contributed by atoms with Crippen molar-refractivity contribution in [2.45, 2.75) is 36.8 Å². The molecule has 1 N–H and O–H groups in total. The predicted octanol–water partition coefficient (Wildman–Crippen LogP) is 2.72. The third kappa shape index (κ3) is 5.94. The van der Waals surface area contributed by atoms with E-state index in [1.54, 1.807) is 0 Å². The molecule has 0 radical (unpaired) electrons. The number of likely N-dealkylation sites (N-methyl/N-ethyl adjacent to an activating group) is 1. The molecule has 21 heavy (non-hydrogen) atoms. The maximum Gasteiger partial charge on any atom is 0.252 e. The van der Waals surface area contributed by atoms with E-state index in [4.69, 9.17) is 11.6 Å². The van der Waals surface area contributed by atoms with Gasteiger partial charge in [-0.1, -0.05) is 37.8 Å². The molecule has 0 aliphatic heterocycles. The Labute approximate surface area is 135 Å². The van der Waals surface area contributed by atoms with E-state index < -0.39 is 10.0 Å². The number of nitrogens with one attached hydrogen (secondary N) is 1. The third-order valence-electron chi connectivity index (χ3n) is 2.93. The lowest BCUT2D eigenvalue weighted by Gasteiger charge is -2.15. The van der Waals surface area contributed by atoms with Crippen LogP contribution in [0.25, 0.3) is 0 Å². The zero-order valence-electron chi connectivity index (χ0n) is 12.3. The molecule has 0 saturated carbocycles. The number of halogens is 1. The molecule has 1 rings (SSSR count). The van der Waals surface area contributed by atoms with Gasteiger partial charge in [-0.25, -0.2) is 8.42 Å². The first-order valence-electron chi connectivity index (χ1n) is 6.86. The second-order valence-corrected chi connectivity index (χ2v) is 8.72. The van der Waals surface area contributed by atoms with Gasteiger partial charge >= 0.3 is 0 Å². The minimum Gasteiger partial charge on any atom is -0.355 e. The van der Waals surface area contributed by atoms with Crippen molar-refractivity contribution in [2.75, 3.05) is 20.1 Å². The minimum atomic E-state index is -3.65. The van der Waals surface area contributed by atoms with Crippen molar-refractivity contribution < 1.29 is 13.2 Å². The fourth-order valence-electron chi connectivity index (χ4n) is 1.71. The Morgan fingerprint density at radius 2 is 2.05 bits per heavy atom. The van der Waals surface area contributed by atoms with Crippen molar-refractivity contribution in [1.82, 2.24) is 9.62 Å². The molecule has 0 aliphatic carbocycles. The van der Waals surface area contributed by atoms with Crippen molar-refractivity contribution in [1.29, 1.82) is 0 Å². The molecular weight excluding hydrogens is 332 g/mol. The average Bonchev–Trinajstić information content (AvgIpc) is 2.85. The topological polar surface area (TPSA) is 66.5 Å². The Morgan fingerprint density at radius 1 is 1.33 bits per heavy atom. The van der Waals surface area contributed by atoms with Gasteiger partial charge < -0.3 is 5.32 Å². The predicted molar refractivity (Wildman–Crippen MR) is 86.3 cm³/mol. The number of thiophene rings is 1. The first kappa shape index (κ1) is 18.4. The molecule has 0 bridgehead atoms. The fraction of sp³-hybridized carbons (Fsp3) is 0.615. The largest absolute Gasteiger partial charge is 0.355 e. The van der Waals surface area contributed by atoms with E-state index >= 15 is 0 Å².